The van der Waals surface area contributed by atoms with Gasteiger partial charge in [0.05, 0.1) is 13.4 Å². The van der Waals surface area contributed by atoms with Gasteiger partial charge >= 0.3 is 0 Å². The maximum atomic E-state index is 5.81. The highest BCUT2D eigenvalue weighted by molar-refractivity contribution is 5.63. The molecule has 0 N–H and O–H groups in total. The normalized spacial score (nSPS) is 12.8. The summed E-state index contributed by atoms with van der Waals surface area (Å²) in [6.07, 6.45) is 1.86. The second-order valence-electron chi connectivity index (χ2n) is 4.72. The fourth-order valence-corrected chi connectivity index (χ4v) is 1.93. The average molecular weight is 268 g/mol. The van der Waals surface area contributed by atoms with Gasteiger partial charge < -0.3 is 9.47 Å². The van der Waals surface area contributed by atoms with Crippen LogP contribution in [0.2, 0.25) is 0 Å². The zero-order chi connectivity index (χ0) is 14.4. The lowest BCUT2D eigenvalue weighted by Gasteiger charge is -2.12. The minimum atomic E-state index is 0.0457. The molecule has 2 rings (SSSR count). The second-order valence-corrected chi connectivity index (χ2v) is 4.72. The quantitative estimate of drug-likeness (QED) is 0.723. The van der Waals surface area contributed by atoms with E-state index in [0.29, 0.717) is 0 Å². The topological polar surface area (TPSA) is 18.5 Å². The van der Waals surface area contributed by atoms with E-state index in [-0.39, 0.29) is 6.10 Å². The van der Waals surface area contributed by atoms with Crippen molar-refractivity contribution >= 4 is 5.57 Å². The molecule has 1 atom stereocenters. The number of methoxy groups -OCH3 is 1. The minimum absolute atomic E-state index is 0.0457. The van der Waals surface area contributed by atoms with Crippen LogP contribution in [0.15, 0.2) is 60.9 Å². The molecule has 2 nitrogen and oxygen atoms in total. The Hall–Kier alpha value is -2.22. The Morgan fingerprint density at radius 1 is 1.00 bits per heavy atom. The van der Waals surface area contributed by atoms with Gasteiger partial charge in [-0.3, -0.25) is 0 Å². The number of benzene rings is 2. The summed E-state index contributed by atoms with van der Waals surface area (Å²) in [7, 11) is 1.67. The first-order chi connectivity index (χ1) is 9.70. The van der Waals surface area contributed by atoms with Crippen LogP contribution in [0, 0.1) is 0 Å². The van der Waals surface area contributed by atoms with Crippen LogP contribution in [0.4, 0.5) is 0 Å². The molecule has 0 aliphatic carbocycles. The SMILES string of the molecule is COc1ccc(C(C)=COC(C)c2ccccc2)cc1. The van der Waals surface area contributed by atoms with Crippen LogP contribution in [0.25, 0.3) is 5.57 Å². The Morgan fingerprint density at radius 2 is 1.65 bits per heavy atom. The van der Waals surface area contributed by atoms with Crippen LogP contribution in [0.3, 0.4) is 0 Å². The van der Waals surface area contributed by atoms with Crippen LogP contribution in [-0.4, -0.2) is 7.11 Å². The average Bonchev–Trinajstić information content (AvgIpc) is 2.53. The predicted molar refractivity (Wildman–Crippen MR) is 82.6 cm³/mol. The molecule has 0 heterocycles. The molecule has 0 saturated heterocycles. The standard InChI is InChI=1S/C18H20O2/c1-14(16-9-11-18(19-3)12-10-16)13-20-15(2)17-7-5-4-6-8-17/h4-13,15H,1-3H3. The predicted octanol–water partition coefficient (Wildman–Crippen LogP) is 4.83. The molecule has 0 aromatic heterocycles. The highest BCUT2D eigenvalue weighted by atomic mass is 16.5. The fraction of sp³-hybridized carbons (Fsp3) is 0.222. The molecular weight excluding hydrogens is 248 g/mol. The molecule has 2 heteroatoms. The van der Waals surface area contributed by atoms with Crippen molar-refractivity contribution < 1.29 is 9.47 Å². The van der Waals surface area contributed by atoms with E-state index < -0.39 is 0 Å². The van der Waals surface area contributed by atoms with Gasteiger partial charge in [-0.15, -0.1) is 0 Å². The third kappa shape index (κ3) is 3.64. The Kier molecular flexibility index (Phi) is 4.83. The van der Waals surface area contributed by atoms with Gasteiger partial charge in [0, 0.05) is 0 Å². The van der Waals surface area contributed by atoms with E-state index in [2.05, 4.69) is 12.1 Å². The van der Waals surface area contributed by atoms with Crippen molar-refractivity contribution in [3.05, 3.63) is 72.0 Å². The van der Waals surface area contributed by atoms with E-state index in [1.54, 1.807) is 7.11 Å². The van der Waals surface area contributed by atoms with Crippen molar-refractivity contribution in [1.82, 2.24) is 0 Å². The van der Waals surface area contributed by atoms with E-state index in [0.717, 1.165) is 16.9 Å². The zero-order valence-electron chi connectivity index (χ0n) is 12.2. The summed E-state index contributed by atoms with van der Waals surface area (Å²) in [4.78, 5) is 0. The van der Waals surface area contributed by atoms with Gasteiger partial charge in [-0.05, 0) is 42.7 Å². The maximum absolute atomic E-state index is 5.81. The molecule has 0 amide bonds. The highest BCUT2D eigenvalue weighted by Gasteiger charge is 2.04. The maximum Gasteiger partial charge on any atom is 0.120 e. The van der Waals surface area contributed by atoms with Gasteiger partial charge in [-0.25, -0.2) is 0 Å². The van der Waals surface area contributed by atoms with Gasteiger partial charge in [0.2, 0.25) is 0 Å². The lowest BCUT2D eigenvalue weighted by molar-refractivity contribution is 0.165. The molecule has 2 aromatic carbocycles. The Morgan fingerprint density at radius 3 is 2.25 bits per heavy atom. The summed E-state index contributed by atoms with van der Waals surface area (Å²) in [5.41, 5.74) is 3.40. The first kappa shape index (κ1) is 14.2. The first-order valence-corrected chi connectivity index (χ1v) is 6.72. The molecule has 0 aliphatic rings. The molecule has 104 valence electrons. The van der Waals surface area contributed by atoms with Crippen LogP contribution in [0.1, 0.15) is 31.1 Å². The summed E-state index contributed by atoms with van der Waals surface area (Å²) >= 11 is 0. The molecule has 2 aromatic rings. The van der Waals surface area contributed by atoms with Crippen molar-refractivity contribution in [3.8, 4) is 5.75 Å². The van der Waals surface area contributed by atoms with Gasteiger partial charge in [-0.2, -0.15) is 0 Å². The van der Waals surface area contributed by atoms with Crippen LogP contribution >= 0.6 is 0 Å². The molecular formula is C18H20O2. The third-order valence-electron chi connectivity index (χ3n) is 3.26. The zero-order valence-corrected chi connectivity index (χ0v) is 12.2. The molecule has 0 aliphatic heterocycles. The van der Waals surface area contributed by atoms with Crippen molar-refractivity contribution in [1.29, 1.82) is 0 Å². The van der Waals surface area contributed by atoms with E-state index >= 15 is 0 Å². The number of ether oxygens (including phenoxy) is 2. The monoisotopic (exact) mass is 268 g/mol. The van der Waals surface area contributed by atoms with Crippen LogP contribution in [0.5, 0.6) is 5.75 Å². The number of allylic oxidation sites excluding steroid dienone is 1. The van der Waals surface area contributed by atoms with Crippen molar-refractivity contribution in [2.45, 2.75) is 20.0 Å². The summed E-state index contributed by atoms with van der Waals surface area (Å²) in [6, 6.07) is 18.2. The van der Waals surface area contributed by atoms with Gasteiger partial charge in [0.15, 0.2) is 0 Å². The third-order valence-corrected chi connectivity index (χ3v) is 3.26. The largest absolute Gasteiger partial charge is 0.497 e. The Bertz CT molecular complexity index is 556. The highest BCUT2D eigenvalue weighted by Crippen LogP contribution is 2.21. The van der Waals surface area contributed by atoms with Crippen LogP contribution < -0.4 is 4.74 Å². The van der Waals surface area contributed by atoms with Crippen molar-refractivity contribution in [2.24, 2.45) is 0 Å². The Labute approximate surface area is 120 Å². The summed E-state index contributed by atoms with van der Waals surface area (Å²) < 4.78 is 11.0. The summed E-state index contributed by atoms with van der Waals surface area (Å²) in [5.74, 6) is 0.861. The Balaban J connectivity index is 2.03. The van der Waals surface area contributed by atoms with Crippen molar-refractivity contribution in [3.63, 3.8) is 0 Å². The molecule has 0 radical (unpaired) electrons. The number of rotatable bonds is 5. The van der Waals surface area contributed by atoms with Gasteiger partial charge in [0.1, 0.15) is 11.9 Å². The summed E-state index contributed by atoms with van der Waals surface area (Å²) in [6.45, 7) is 4.09. The molecule has 1 unspecified atom stereocenters. The summed E-state index contributed by atoms with van der Waals surface area (Å²) in [5, 5.41) is 0. The fourth-order valence-electron chi connectivity index (χ4n) is 1.93. The smallest absolute Gasteiger partial charge is 0.120 e. The van der Waals surface area contributed by atoms with E-state index in [4.69, 9.17) is 9.47 Å². The number of hydrogen-bond donors (Lipinski definition) is 0. The van der Waals surface area contributed by atoms with E-state index in [1.165, 1.54) is 5.56 Å². The minimum Gasteiger partial charge on any atom is -0.497 e. The lowest BCUT2D eigenvalue weighted by Crippen LogP contribution is -1.95. The van der Waals surface area contributed by atoms with E-state index in [9.17, 15) is 0 Å². The number of hydrogen-bond acceptors (Lipinski definition) is 2. The first-order valence-electron chi connectivity index (χ1n) is 6.72. The molecule has 0 spiro atoms. The molecule has 0 saturated carbocycles. The molecule has 0 bridgehead atoms. The van der Waals surface area contributed by atoms with Crippen molar-refractivity contribution in [2.75, 3.05) is 7.11 Å². The lowest BCUT2D eigenvalue weighted by atomic mass is 10.1. The van der Waals surface area contributed by atoms with E-state index in [1.807, 2.05) is 62.6 Å². The van der Waals surface area contributed by atoms with Gasteiger partial charge in [-0.1, -0.05) is 42.5 Å². The molecule has 0 fully saturated rings. The van der Waals surface area contributed by atoms with Crippen LogP contribution in [-0.2, 0) is 4.74 Å². The van der Waals surface area contributed by atoms with Gasteiger partial charge in [0.25, 0.3) is 0 Å². The molecule has 20 heavy (non-hydrogen) atoms. The second kappa shape index (κ2) is 6.80.